The summed E-state index contributed by atoms with van der Waals surface area (Å²) in [7, 11) is 0. The molecular weight excluding hydrogens is 434 g/mol. The number of allylic oxidation sites excluding steroid dienone is 1. The summed E-state index contributed by atoms with van der Waals surface area (Å²) in [6, 6.07) is 18.5. The molecule has 2 aliphatic rings. The first-order chi connectivity index (χ1) is 16.5. The summed E-state index contributed by atoms with van der Waals surface area (Å²) in [5.74, 6) is -1.72. The molecule has 3 N–H and O–H groups in total. The van der Waals surface area contributed by atoms with Crippen molar-refractivity contribution in [3.8, 4) is 0 Å². The Labute approximate surface area is 196 Å². The quantitative estimate of drug-likeness (QED) is 0.302. The first kappa shape index (κ1) is 22.0. The van der Waals surface area contributed by atoms with E-state index in [1.54, 1.807) is 12.1 Å². The van der Waals surface area contributed by atoms with E-state index < -0.39 is 17.6 Å². The molecule has 172 valence electrons. The predicted molar refractivity (Wildman–Crippen MR) is 130 cm³/mol. The van der Waals surface area contributed by atoms with E-state index in [0.29, 0.717) is 11.1 Å². The molecule has 0 aromatic heterocycles. The van der Waals surface area contributed by atoms with Gasteiger partial charge in [0.05, 0.1) is 5.69 Å². The average Bonchev–Trinajstić information content (AvgIpc) is 3.31. The van der Waals surface area contributed by atoms with Crippen LogP contribution in [0.2, 0.25) is 0 Å². The number of hydrogen-bond donors (Lipinski definition) is 3. The largest absolute Gasteiger partial charge is 0.478 e. The molecule has 0 radical (unpaired) electrons. The maximum absolute atomic E-state index is 15.9. The van der Waals surface area contributed by atoms with Gasteiger partial charge in [0.15, 0.2) is 0 Å². The van der Waals surface area contributed by atoms with Crippen molar-refractivity contribution in [3.63, 3.8) is 0 Å². The lowest BCUT2D eigenvalue weighted by Crippen LogP contribution is -2.15. The summed E-state index contributed by atoms with van der Waals surface area (Å²) in [6.07, 6.45) is 5.66. The minimum absolute atomic E-state index is 0.152. The minimum atomic E-state index is -1.03. The van der Waals surface area contributed by atoms with Crippen molar-refractivity contribution >= 4 is 28.9 Å². The highest BCUT2D eigenvalue weighted by Crippen LogP contribution is 2.46. The smallest absolute Gasteiger partial charge is 0.328 e. The molecule has 3 aromatic rings. The van der Waals surface area contributed by atoms with E-state index in [1.165, 1.54) is 12.1 Å². The van der Waals surface area contributed by atoms with Gasteiger partial charge < -0.3 is 10.5 Å². The lowest BCUT2D eigenvalue weighted by atomic mass is 9.73. The highest BCUT2D eigenvalue weighted by Gasteiger charge is 2.30. The SMILES string of the molecule is O=C(O)/C=C/c1ccc(/C(=C(\c2ccccc2)C2CCC2)c2cc(F)c3c(c2F)CNN3)cc1. The molecular formula is C28H24F2N2O2. The van der Waals surface area contributed by atoms with Crippen molar-refractivity contribution in [3.05, 3.63) is 106 Å². The zero-order chi connectivity index (χ0) is 23.7. The number of aliphatic carboxylic acids is 1. The molecule has 34 heavy (non-hydrogen) atoms. The molecule has 1 aliphatic heterocycles. The van der Waals surface area contributed by atoms with E-state index in [9.17, 15) is 4.79 Å². The molecule has 0 spiro atoms. The lowest BCUT2D eigenvalue weighted by Gasteiger charge is -2.32. The summed E-state index contributed by atoms with van der Waals surface area (Å²) in [4.78, 5) is 10.9. The van der Waals surface area contributed by atoms with Crippen LogP contribution in [-0.2, 0) is 11.3 Å². The van der Waals surface area contributed by atoms with E-state index in [1.807, 2.05) is 42.5 Å². The molecule has 3 aromatic carbocycles. The van der Waals surface area contributed by atoms with Crippen LogP contribution in [0.3, 0.4) is 0 Å². The van der Waals surface area contributed by atoms with Gasteiger partial charge >= 0.3 is 5.97 Å². The summed E-state index contributed by atoms with van der Waals surface area (Å²) in [5.41, 5.74) is 10.4. The molecule has 0 amide bonds. The Hall–Kier alpha value is -3.77. The first-order valence-electron chi connectivity index (χ1n) is 11.3. The highest BCUT2D eigenvalue weighted by molar-refractivity contribution is 6.00. The zero-order valence-corrected chi connectivity index (χ0v) is 18.4. The number of rotatable bonds is 6. The fourth-order valence-corrected chi connectivity index (χ4v) is 4.67. The molecule has 1 aliphatic carbocycles. The number of carbonyl (C=O) groups is 1. The van der Waals surface area contributed by atoms with Gasteiger partial charge in [0.1, 0.15) is 11.6 Å². The fraction of sp³-hybridized carbons (Fsp3) is 0.179. The topological polar surface area (TPSA) is 61.4 Å². The Balaban J connectivity index is 1.75. The monoisotopic (exact) mass is 458 g/mol. The zero-order valence-electron chi connectivity index (χ0n) is 18.4. The van der Waals surface area contributed by atoms with Crippen LogP contribution in [0, 0.1) is 17.6 Å². The number of fused-ring (bicyclic) bond motifs is 1. The van der Waals surface area contributed by atoms with Gasteiger partial charge in [-0.3, -0.25) is 0 Å². The van der Waals surface area contributed by atoms with Gasteiger partial charge in [-0.2, -0.15) is 0 Å². The summed E-state index contributed by atoms with van der Waals surface area (Å²) in [6.45, 7) is 0.197. The van der Waals surface area contributed by atoms with Gasteiger partial charge in [0.2, 0.25) is 0 Å². The molecule has 0 saturated heterocycles. The number of anilines is 1. The van der Waals surface area contributed by atoms with Crippen LogP contribution in [0.5, 0.6) is 0 Å². The van der Waals surface area contributed by atoms with Crippen LogP contribution < -0.4 is 10.9 Å². The van der Waals surface area contributed by atoms with Crippen molar-refractivity contribution < 1.29 is 18.7 Å². The van der Waals surface area contributed by atoms with E-state index in [2.05, 4.69) is 10.9 Å². The van der Waals surface area contributed by atoms with E-state index >= 15 is 8.78 Å². The molecule has 1 fully saturated rings. The number of carboxylic acids is 1. The van der Waals surface area contributed by atoms with Gasteiger partial charge in [-0.1, -0.05) is 61.0 Å². The van der Waals surface area contributed by atoms with E-state index in [-0.39, 0.29) is 29.3 Å². The highest BCUT2D eigenvalue weighted by atomic mass is 19.1. The second-order valence-electron chi connectivity index (χ2n) is 8.63. The van der Waals surface area contributed by atoms with Crippen molar-refractivity contribution in [2.75, 3.05) is 5.43 Å². The molecule has 5 rings (SSSR count). The number of halogens is 2. The summed E-state index contributed by atoms with van der Waals surface area (Å²) >= 11 is 0. The van der Waals surface area contributed by atoms with Gasteiger partial charge in [-0.05, 0) is 58.7 Å². The summed E-state index contributed by atoms with van der Waals surface area (Å²) < 4.78 is 30.9. The molecule has 0 bridgehead atoms. The Morgan fingerprint density at radius 3 is 2.38 bits per heavy atom. The third-order valence-corrected chi connectivity index (χ3v) is 6.55. The lowest BCUT2D eigenvalue weighted by molar-refractivity contribution is -0.131. The van der Waals surface area contributed by atoms with Crippen molar-refractivity contribution in [2.45, 2.75) is 25.8 Å². The van der Waals surface area contributed by atoms with Crippen LogP contribution in [-0.4, -0.2) is 11.1 Å². The van der Waals surface area contributed by atoms with Crippen molar-refractivity contribution in [1.82, 2.24) is 5.43 Å². The van der Waals surface area contributed by atoms with Gasteiger partial charge in [-0.25, -0.2) is 19.0 Å². The molecule has 4 nitrogen and oxygen atoms in total. The van der Waals surface area contributed by atoms with Crippen LogP contribution in [0.15, 0.2) is 66.7 Å². The molecule has 0 unspecified atom stereocenters. The minimum Gasteiger partial charge on any atom is -0.478 e. The molecule has 6 heteroatoms. The van der Waals surface area contributed by atoms with Crippen LogP contribution >= 0.6 is 0 Å². The normalized spacial score (nSPS) is 16.1. The second kappa shape index (κ2) is 9.23. The number of nitrogens with one attached hydrogen (secondary N) is 2. The third-order valence-electron chi connectivity index (χ3n) is 6.55. The number of benzene rings is 3. The number of hydrazine groups is 1. The Morgan fingerprint density at radius 1 is 1.00 bits per heavy atom. The fourth-order valence-electron chi connectivity index (χ4n) is 4.67. The number of carboxylic acid groups (broad SMARTS) is 1. The predicted octanol–water partition coefficient (Wildman–Crippen LogP) is 6.25. The van der Waals surface area contributed by atoms with Gasteiger partial charge in [-0.15, -0.1) is 0 Å². The van der Waals surface area contributed by atoms with Crippen LogP contribution in [0.1, 0.15) is 47.1 Å². The van der Waals surface area contributed by atoms with Gasteiger partial charge in [0, 0.05) is 23.7 Å². The van der Waals surface area contributed by atoms with Crippen LogP contribution in [0.25, 0.3) is 17.2 Å². The Morgan fingerprint density at radius 2 is 1.74 bits per heavy atom. The maximum atomic E-state index is 15.9. The number of hydrogen-bond acceptors (Lipinski definition) is 3. The maximum Gasteiger partial charge on any atom is 0.328 e. The third kappa shape index (κ3) is 4.13. The average molecular weight is 459 g/mol. The van der Waals surface area contributed by atoms with Gasteiger partial charge in [0.25, 0.3) is 0 Å². The summed E-state index contributed by atoms with van der Waals surface area (Å²) in [5, 5.41) is 8.91. The van der Waals surface area contributed by atoms with Crippen molar-refractivity contribution in [2.24, 2.45) is 5.92 Å². The Bertz CT molecular complexity index is 1290. The molecule has 0 atom stereocenters. The Kier molecular flexibility index (Phi) is 5.99. The van der Waals surface area contributed by atoms with E-state index in [4.69, 9.17) is 5.11 Å². The van der Waals surface area contributed by atoms with E-state index in [0.717, 1.165) is 42.0 Å². The van der Waals surface area contributed by atoms with Crippen LogP contribution in [0.4, 0.5) is 14.5 Å². The first-order valence-corrected chi connectivity index (χ1v) is 11.3. The standard InChI is InChI=1S/C28H24F2N2O2/c29-23-15-21(27(30)22-16-31-32-28(22)23)26(20-12-9-17(10-13-20)11-14-24(33)34)25(19-7-4-8-19)18-5-2-1-3-6-18/h1-3,5-6,9-15,19,31-32H,4,7-8,16H2,(H,33,34)/b14-11+,26-25-. The second-order valence-corrected chi connectivity index (χ2v) is 8.63. The molecule has 1 saturated carbocycles. The van der Waals surface area contributed by atoms with Crippen molar-refractivity contribution in [1.29, 1.82) is 0 Å². The molecule has 1 heterocycles.